The van der Waals surface area contributed by atoms with E-state index in [-0.39, 0.29) is 11.8 Å². The van der Waals surface area contributed by atoms with Crippen LogP contribution < -0.4 is 14.8 Å². The first-order chi connectivity index (χ1) is 16.1. The van der Waals surface area contributed by atoms with E-state index in [9.17, 15) is 4.79 Å². The van der Waals surface area contributed by atoms with Crippen LogP contribution in [-0.2, 0) is 4.79 Å². The smallest absolute Gasteiger partial charge is 0.226 e. The van der Waals surface area contributed by atoms with Crippen LogP contribution in [0.1, 0.15) is 23.5 Å². The lowest BCUT2D eigenvalue weighted by molar-refractivity contribution is -0.116. The zero-order chi connectivity index (χ0) is 22.9. The van der Waals surface area contributed by atoms with E-state index >= 15 is 0 Å². The molecule has 0 saturated carbocycles. The number of ether oxygens (including phenoxy) is 2. The Morgan fingerprint density at radius 3 is 2.39 bits per heavy atom. The molecule has 0 bridgehead atoms. The molecule has 0 spiro atoms. The molecule has 0 radical (unpaired) electrons. The number of nitrogens with one attached hydrogen (secondary N) is 1. The van der Waals surface area contributed by atoms with Crippen molar-refractivity contribution in [2.75, 3.05) is 19.5 Å². The second-order valence-corrected chi connectivity index (χ2v) is 8.22. The Bertz CT molecular complexity index is 1320. The average Bonchev–Trinajstić information content (AvgIpc) is 3.23. The highest BCUT2D eigenvalue weighted by molar-refractivity contribution is 6.30. The highest BCUT2D eigenvalue weighted by Gasteiger charge is 2.34. The van der Waals surface area contributed by atoms with Crippen molar-refractivity contribution >= 4 is 23.3 Å². The van der Waals surface area contributed by atoms with Crippen LogP contribution in [0.4, 0.5) is 5.82 Å². The van der Waals surface area contributed by atoms with Gasteiger partial charge in [0.05, 0.1) is 25.6 Å². The summed E-state index contributed by atoms with van der Waals surface area (Å²) in [5.41, 5.74) is 4.49. The Labute approximate surface area is 196 Å². The molecule has 7 heteroatoms. The van der Waals surface area contributed by atoms with Crippen LogP contribution in [0.5, 0.6) is 11.5 Å². The van der Waals surface area contributed by atoms with Crippen molar-refractivity contribution in [2.24, 2.45) is 0 Å². The summed E-state index contributed by atoms with van der Waals surface area (Å²) in [5, 5.41) is 8.66. The molecule has 4 aromatic rings. The second-order valence-electron chi connectivity index (χ2n) is 7.78. The number of carbonyl (C=O) groups excluding carboxylic acids is 1. The molecule has 0 fully saturated rings. The number of anilines is 1. The van der Waals surface area contributed by atoms with Crippen LogP contribution in [0.15, 0.2) is 72.8 Å². The molecule has 33 heavy (non-hydrogen) atoms. The number of hydrogen-bond acceptors (Lipinski definition) is 4. The molecule has 1 aromatic heterocycles. The molecule has 1 aliphatic rings. The molecule has 5 rings (SSSR count). The minimum absolute atomic E-state index is 0.0676. The van der Waals surface area contributed by atoms with Crippen molar-refractivity contribution in [3.8, 4) is 28.4 Å². The van der Waals surface area contributed by atoms with Gasteiger partial charge in [-0.25, -0.2) is 4.68 Å². The number of hydrogen-bond donors (Lipinski definition) is 1. The molecule has 0 saturated heterocycles. The molecule has 1 aliphatic heterocycles. The third kappa shape index (κ3) is 3.83. The number of rotatable bonds is 5. The summed E-state index contributed by atoms with van der Waals surface area (Å²) in [6.45, 7) is 0. The van der Waals surface area contributed by atoms with E-state index in [1.165, 1.54) is 0 Å². The van der Waals surface area contributed by atoms with Gasteiger partial charge in [-0.2, -0.15) is 5.10 Å². The molecule has 166 valence electrons. The van der Waals surface area contributed by atoms with Gasteiger partial charge in [-0.1, -0.05) is 48.0 Å². The second kappa shape index (κ2) is 8.64. The SMILES string of the molecule is COc1ccc([C@H]2CC(=O)Nc3c2c(-c2ccc(Cl)cc2)nn3-c2ccccc2)cc1OC. The van der Waals surface area contributed by atoms with E-state index in [0.29, 0.717) is 28.8 Å². The van der Waals surface area contributed by atoms with Crippen LogP contribution in [0, 0.1) is 0 Å². The van der Waals surface area contributed by atoms with Crippen LogP contribution in [0.25, 0.3) is 16.9 Å². The Morgan fingerprint density at radius 2 is 1.70 bits per heavy atom. The predicted octanol–water partition coefficient (Wildman–Crippen LogP) is 5.68. The molecule has 0 unspecified atom stereocenters. The molecule has 1 amide bonds. The van der Waals surface area contributed by atoms with Gasteiger partial charge in [0.25, 0.3) is 0 Å². The molecule has 3 aromatic carbocycles. The average molecular weight is 460 g/mol. The maximum absolute atomic E-state index is 12.8. The number of aromatic nitrogens is 2. The van der Waals surface area contributed by atoms with Crippen LogP contribution in [0.3, 0.4) is 0 Å². The van der Waals surface area contributed by atoms with E-state index in [2.05, 4.69) is 5.32 Å². The lowest BCUT2D eigenvalue weighted by Crippen LogP contribution is -2.25. The van der Waals surface area contributed by atoms with Gasteiger partial charge >= 0.3 is 0 Å². The summed E-state index contributed by atoms with van der Waals surface area (Å²) in [6.07, 6.45) is 0.295. The number of carbonyl (C=O) groups is 1. The third-order valence-corrected chi connectivity index (χ3v) is 6.10. The zero-order valence-corrected chi connectivity index (χ0v) is 19.0. The first-order valence-corrected chi connectivity index (χ1v) is 10.9. The Balaban J connectivity index is 1.75. The first kappa shape index (κ1) is 21.1. The molecule has 0 aliphatic carbocycles. The number of halogens is 1. The highest BCUT2D eigenvalue weighted by atomic mass is 35.5. The molecule has 1 atom stereocenters. The summed E-state index contributed by atoms with van der Waals surface area (Å²) in [7, 11) is 3.21. The van der Waals surface area contributed by atoms with Gasteiger partial charge in [-0.3, -0.25) is 4.79 Å². The number of para-hydroxylation sites is 1. The normalized spacial score (nSPS) is 15.0. The molecule has 1 N–H and O–H groups in total. The Hall–Kier alpha value is -3.77. The van der Waals surface area contributed by atoms with Gasteiger partial charge < -0.3 is 14.8 Å². The van der Waals surface area contributed by atoms with Gasteiger partial charge in [0.1, 0.15) is 5.82 Å². The monoisotopic (exact) mass is 459 g/mol. The van der Waals surface area contributed by atoms with E-state index in [0.717, 1.165) is 28.1 Å². The summed E-state index contributed by atoms with van der Waals surface area (Å²) in [6, 6.07) is 23.1. The van der Waals surface area contributed by atoms with Crippen molar-refractivity contribution < 1.29 is 14.3 Å². The van der Waals surface area contributed by atoms with Gasteiger partial charge in [0.2, 0.25) is 5.91 Å². The van der Waals surface area contributed by atoms with Crippen molar-refractivity contribution in [3.63, 3.8) is 0 Å². The summed E-state index contributed by atoms with van der Waals surface area (Å²) < 4.78 is 12.7. The molecular weight excluding hydrogens is 438 g/mol. The number of amides is 1. The van der Waals surface area contributed by atoms with Crippen molar-refractivity contribution in [3.05, 3.63) is 88.9 Å². The molecular formula is C26H22ClN3O3. The Morgan fingerprint density at radius 1 is 0.970 bits per heavy atom. The summed E-state index contributed by atoms with van der Waals surface area (Å²) in [4.78, 5) is 12.8. The van der Waals surface area contributed by atoms with Crippen molar-refractivity contribution in [2.45, 2.75) is 12.3 Å². The number of nitrogens with zero attached hydrogens (tertiary/aromatic N) is 2. The fraction of sp³-hybridized carbons (Fsp3) is 0.154. The molecule has 2 heterocycles. The minimum Gasteiger partial charge on any atom is -0.493 e. The largest absolute Gasteiger partial charge is 0.493 e. The topological polar surface area (TPSA) is 65.4 Å². The fourth-order valence-corrected chi connectivity index (χ4v) is 4.41. The van der Waals surface area contributed by atoms with E-state index < -0.39 is 0 Å². The lowest BCUT2D eigenvalue weighted by Gasteiger charge is -2.25. The highest BCUT2D eigenvalue weighted by Crippen LogP contribution is 2.45. The zero-order valence-electron chi connectivity index (χ0n) is 18.2. The third-order valence-electron chi connectivity index (χ3n) is 5.85. The number of fused-ring (bicyclic) bond motifs is 1. The predicted molar refractivity (Wildman–Crippen MR) is 129 cm³/mol. The van der Waals surface area contributed by atoms with Gasteiger partial charge in [-0.05, 0) is 42.0 Å². The standard InChI is InChI=1S/C26H22ClN3O3/c1-32-21-13-10-17(14-22(21)33-2)20-15-23(31)28-26-24(20)25(16-8-11-18(27)12-9-16)29-30(26)19-6-4-3-5-7-19/h3-14,20H,15H2,1-2H3,(H,28,31)/t20-/m1/s1. The fourth-order valence-electron chi connectivity index (χ4n) is 4.28. The van der Waals surface area contributed by atoms with Gasteiger partial charge in [0.15, 0.2) is 11.5 Å². The first-order valence-electron chi connectivity index (χ1n) is 10.5. The van der Waals surface area contributed by atoms with Crippen LogP contribution in [-0.4, -0.2) is 29.9 Å². The van der Waals surface area contributed by atoms with Crippen molar-refractivity contribution in [1.82, 2.24) is 9.78 Å². The lowest BCUT2D eigenvalue weighted by atomic mass is 9.84. The number of methoxy groups -OCH3 is 2. The van der Waals surface area contributed by atoms with Gasteiger partial charge in [0, 0.05) is 28.5 Å². The maximum Gasteiger partial charge on any atom is 0.226 e. The summed E-state index contributed by atoms with van der Waals surface area (Å²) >= 11 is 6.14. The number of benzene rings is 3. The van der Waals surface area contributed by atoms with Gasteiger partial charge in [-0.15, -0.1) is 0 Å². The van der Waals surface area contributed by atoms with E-state index in [1.807, 2.05) is 72.8 Å². The Kier molecular flexibility index (Phi) is 5.52. The van der Waals surface area contributed by atoms with E-state index in [1.54, 1.807) is 18.9 Å². The summed E-state index contributed by atoms with van der Waals surface area (Å²) in [5.74, 6) is 1.64. The quantitative estimate of drug-likeness (QED) is 0.416. The minimum atomic E-state index is -0.211. The maximum atomic E-state index is 12.8. The molecule has 6 nitrogen and oxygen atoms in total. The van der Waals surface area contributed by atoms with Crippen molar-refractivity contribution in [1.29, 1.82) is 0 Å². The van der Waals surface area contributed by atoms with E-state index in [4.69, 9.17) is 26.2 Å². The van der Waals surface area contributed by atoms with Crippen LogP contribution >= 0.6 is 11.6 Å². The van der Waals surface area contributed by atoms with Crippen LogP contribution in [0.2, 0.25) is 5.02 Å².